The van der Waals surface area contributed by atoms with Gasteiger partial charge in [-0.05, 0) is 38.0 Å². The van der Waals surface area contributed by atoms with Crippen molar-refractivity contribution in [3.05, 3.63) is 53.1 Å². The van der Waals surface area contributed by atoms with Gasteiger partial charge in [-0.2, -0.15) is 0 Å². The highest BCUT2D eigenvalue weighted by molar-refractivity contribution is 6.31. The molecule has 0 bridgehead atoms. The van der Waals surface area contributed by atoms with Gasteiger partial charge < -0.3 is 5.32 Å². The SMILES string of the molecule is Cc1ccc(-c2nc(NC3CC3)c3ccc(Cl)cc3n2)cc1. The van der Waals surface area contributed by atoms with Gasteiger partial charge in [-0.15, -0.1) is 0 Å². The molecular formula is C18H16ClN3. The van der Waals surface area contributed by atoms with E-state index in [4.69, 9.17) is 16.6 Å². The highest BCUT2D eigenvalue weighted by Gasteiger charge is 2.23. The third-order valence-electron chi connectivity index (χ3n) is 3.89. The molecule has 4 rings (SSSR count). The fourth-order valence-electron chi connectivity index (χ4n) is 2.47. The molecule has 2 aromatic carbocycles. The van der Waals surface area contributed by atoms with E-state index in [2.05, 4.69) is 41.5 Å². The van der Waals surface area contributed by atoms with Crippen LogP contribution < -0.4 is 5.32 Å². The van der Waals surface area contributed by atoms with Crippen LogP contribution in [0.4, 0.5) is 5.82 Å². The van der Waals surface area contributed by atoms with Gasteiger partial charge in [-0.25, -0.2) is 9.97 Å². The van der Waals surface area contributed by atoms with Crippen molar-refractivity contribution in [3.63, 3.8) is 0 Å². The fraction of sp³-hybridized carbons (Fsp3) is 0.222. The molecule has 3 nitrogen and oxygen atoms in total. The second-order valence-electron chi connectivity index (χ2n) is 5.84. The average Bonchev–Trinajstić information content (AvgIpc) is 3.31. The lowest BCUT2D eigenvalue weighted by Gasteiger charge is -2.11. The Labute approximate surface area is 134 Å². The Bertz CT molecular complexity index is 839. The van der Waals surface area contributed by atoms with Gasteiger partial charge in [0.15, 0.2) is 5.82 Å². The smallest absolute Gasteiger partial charge is 0.162 e. The summed E-state index contributed by atoms with van der Waals surface area (Å²) < 4.78 is 0. The van der Waals surface area contributed by atoms with Crippen LogP contribution in [0.5, 0.6) is 0 Å². The summed E-state index contributed by atoms with van der Waals surface area (Å²) >= 11 is 6.13. The first-order chi connectivity index (χ1) is 10.7. The molecule has 0 unspecified atom stereocenters. The first-order valence-electron chi connectivity index (χ1n) is 7.50. The maximum atomic E-state index is 6.13. The van der Waals surface area contributed by atoms with Crippen molar-refractivity contribution in [2.75, 3.05) is 5.32 Å². The summed E-state index contributed by atoms with van der Waals surface area (Å²) in [6.07, 6.45) is 2.41. The minimum Gasteiger partial charge on any atom is -0.367 e. The number of nitrogens with zero attached hydrogens (tertiary/aromatic N) is 2. The van der Waals surface area contributed by atoms with E-state index in [-0.39, 0.29) is 0 Å². The number of hydrogen-bond acceptors (Lipinski definition) is 3. The predicted octanol–water partition coefficient (Wildman–Crippen LogP) is 4.83. The molecule has 0 saturated heterocycles. The summed E-state index contributed by atoms with van der Waals surface area (Å²) in [6, 6.07) is 14.6. The lowest BCUT2D eigenvalue weighted by atomic mass is 10.1. The summed E-state index contributed by atoms with van der Waals surface area (Å²) in [5, 5.41) is 5.22. The van der Waals surface area contributed by atoms with Gasteiger partial charge in [-0.1, -0.05) is 41.4 Å². The summed E-state index contributed by atoms with van der Waals surface area (Å²) in [5.41, 5.74) is 3.12. The first-order valence-corrected chi connectivity index (χ1v) is 7.88. The normalized spacial score (nSPS) is 14.3. The summed E-state index contributed by atoms with van der Waals surface area (Å²) in [6.45, 7) is 2.07. The molecule has 1 N–H and O–H groups in total. The molecule has 1 aliphatic rings. The van der Waals surface area contributed by atoms with Crippen molar-refractivity contribution in [2.24, 2.45) is 0 Å². The van der Waals surface area contributed by atoms with E-state index >= 15 is 0 Å². The van der Waals surface area contributed by atoms with E-state index in [1.165, 1.54) is 18.4 Å². The standard InChI is InChI=1S/C18H16ClN3/c1-11-2-4-12(5-3-11)17-21-16-10-13(19)6-9-15(16)18(22-17)20-14-7-8-14/h2-6,9-10,14H,7-8H2,1H3,(H,20,21,22). The van der Waals surface area contributed by atoms with Crippen LogP contribution >= 0.6 is 11.6 Å². The predicted molar refractivity (Wildman–Crippen MR) is 91.4 cm³/mol. The lowest BCUT2D eigenvalue weighted by Crippen LogP contribution is -2.05. The molecule has 4 heteroatoms. The number of anilines is 1. The second-order valence-corrected chi connectivity index (χ2v) is 6.28. The third-order valence-corrected chi connectivity index (χ3v) is 4.12. The molecule has 1 saturated carbocycles. The van der Waals surface area contributed by atoms with Crippen LogP contribution in [0.15, 0.2) is 42.5 Å². The van der Waals surface area contributed by atoms with Crippen LogP contribution in [0, 0.1) is 6.92 Å². The molecule has 0 atom stereocenters. The molecule has 3 aromatic rings. The number of halogens is 1. The van der Waals surface area contributed by atoms with E-state index < -0.39 is 0 Å². The maximum absolute atomic E-state index is 6.13. The van der Waals surface area contributed by atoms with Gasteiger partial charge in [0, 0.05) is 22.0 Å². The Kier molecular flexibility index (Phi) is 3.23. The van der Waals surface area contributed by atoms with Crippen molar-refractivity contribution in [1.82, 2.24) is 9.97 Å². The number of rotatable bonds is 3. The molecule has 0 radical (unpaired) electrons. The van der Waals surface area contributed by atoms with Gasteiger partial charge >= 0.3 is 0 Å². The topological polar surface area (TPSA) is 37.8 Å². The van der Waals surface area contributed by atoms with E-state index in [1.54, 1.807) is 0 Å². The van der Waals surface area contributed by atoms with Gasteiger partial charge in [-0.3, -0.25) is 0 Å². The molecule has 0 aliphatic heterocycles. The van der Waals surface area contributed by atoms with Crippen LogP contribution in [0.25, 0.3) is 22.3 Å². The van der Waals surface area contributed by atoms with E-state index in [1.807, 2.05) is 18.2 Å². The zero-order valence-corrected chi connectivity index (χ0v) is 13.1. The van der Waals surface area contributed by atoms with Crippen LogP contribution in [-0.2, 0) is 0 Å². The van der Waals surface area contributed by atoms with E-state index in [9.17, 15) is 0 Å². The number of hydrogen-bond donors (Lipinski definition) is 1. The fourth-order valence-corrected chi connectivity index (χ4v) is 2.63. The summed E-state index contributed by atoms with van der Waals surface area (Å²) in [5.74, 6) is 1.64. The zero-order valence-electron chi connectivity index (χ0n) is 12.3. The van der Waals surface area contributed by atoms with Crippen LogP contribution in [0.2, 0.25) is 5.02 Å². The summed E-state index contributed by atoms with van der Waals surface area (Å²) in [7, 11) is 0. The second kappa shape index (κ2) is 5.25. The lowest BCUT2D eigenvalue weighted by molar-refractivity contribution is 1.11. The molecule has 1 aromatic heterocycles. The number of fused-ring (bicyclic) bond motifs is 1. The van der Waals surface area contributed by atoms with Gasteiger partial charge in [0.05, 0.1) is 5.52 Å². The Balaban J connectivity index is 1.88. The minimum atomic E-state index is 0.541. The molecule has 1 aliphatic carbocycles. The van der Waals surface area contributed by atoms with Crippen molar-refractivity contribution in [2.45, 2.75) is 25.8 Å². The van der Waals surface area contributed by atoms with Crippen molar-refractivity contribution in [1.29, 1.82) is 0 Å². The number of nitrogens with one attached hydrogen (secondary N) is 1. The quantitative estimate of drug-likeness (QED) is 0.752. The van der Waals surface area contributed by atoms with Crippen LogP contribution in [0.1, 0.15) is 18.4 Å². The minimum absolute atomic E-state index is 0.541. The molecule has 1 fully saturated rings. The van der Waals surface area contributed by atoms with Crippen LogP contribution in [-0.4, -0.2) is 16.0 Å². The molecule has 110 valence electrons. The highest BCUT2D eigenvalue weighted by Crippen LogP contribution is 2.31. The molecule has 0 spiro atoms. The summed E-state index contributed by atoms with van der Waals surface area (Å²) in [4.78, 5) is 9.43. The van der Waals surface area contributed by atoms with Crippen molar-refractivity contribution in [3.8, 4) is 11.4 Å². The van der Waals surface area contributed by atoms with Crippen molar-refractivity contribution >= 4 is 28.3 Å². The number of benzene rings is 2. The number of aromatic nitrogens is 2. The van der Waals surface area contributed by atoms with E-state index in [0.717, 1.165) is 28.1 Å². The molecule has 1 heterocycles. The third kappa shape index (κ3) is 2.64. The largest absolute Gasteiger partial charge is 0.367 e. The Hall–Kier alpha value is -2.13. The zero-order chi connectivity index (χ0) is 15.1. The Morgan fingerprint density at radius 2 is 1.82 bits per heavy atom. The van der Waals surface area contributed by atoms with Gasteiger partial charge in [0.2, 0.25) is 0 Å². The Morgan fingerprint density at radius 3 is 2.55 bits per heavy atom. The van der Waals surface area contributed by atoms with Crippen molar-refractivity contribution < 1.29 is 0 Å². The first kappa shape index (κ1) is 13.5. The average molecular weight is 310 g/mol. The maximum Gasteiger partial charge on any atom is 0.162 e. The number of aryl methyl sites for hydroxylation is 1. The Morgan fingerprint density at radius 1 is 1.05 bits per heavy atom. The monoisotopic (exact) mass is 309 g/mol. The van der Waals surface area contributed by atoms with Gasteiger partial charge in [0.25, 0.3) is 0 Å². The molecule has 22 heavy (non-hydrogen) atoms. The van der Waals surface area contributed by atoms with E-state index in [0.29, 0.717) is 11.1 Å². The van der Waals surface area contributed by atoms with Gasteiger partial charge in [0.1, 0.15) is 5.82 Å². The highest BCUT2D eigenvalue weighted by atomic mass is 35.5. The molecular weight excluding hydrogens is 294 g/mol. The van der Waals surface area contributed by atoms with Crippen LogP contribution in [0.3, 0.4) is 0 Å². The molecule has 0 amide bonds.